The average Bonchev–Trinajstić information content (AvgIpc) is 2.16. The van der Waals surface area contributed by atoms with Gasteiger partial charge in [-0.1, -0.05) is 0 Å². The van der Waals surface area contributed by atoms with Crippen molar-refractivity contribution < 1.29 is 9.50 Å². The first-order valence-corrected chi connectivity index (χ1v) is 5.17. The lowest BCUT2D eigenvalue weighted by Gasteiger charge is -2.16. The van der Waals surface area contributed by atoms with E-state index in [0.717, 1.165) is 0 Å². The van der Waals surface area contributed by atoms with Crippen molar-refractivity contribution in [3.63, 3.8) is 0 Å². The van der Waals surface area contributed by atoms with Gasteiger partial charge in [-0.2, -0.15) is 5.26 Å². The number of hydrogen-bond donors (Lipinski definition) is 2. The maximum absolute atomic E-state index is 13.3. The first kappa shape index (κ1) is 12.5. The molecule has 0 aliphatic rings. The van der Waals surface area contributed by atoms with Crippen molar-refractivity contribution in [1.29, 1.82) is 5.26 Å². The van der Waals surface area contributed by atoms with Crippen LogP contribution in [0.1, 0.15) is 25.8 Å². The van der Waals surface area contributed by atoms with E-state index in [1.165, 1.54) is 12.1 Å². The summed E-state index contributed by atoms with van der Waals surface area (Å²) in [4.78, 5) is 0. The molecule has 3 nitrogen and oxygen atoms in total. The molecular formula is C12H15FN2O. The SMILES string of the molecule is CC(O)CC(C)Nc1ccc(C#N)c(F)c1. The summed E-state index contributed by atoms with van der Waals surface area (Å²) in [5.74, 6) is -0.531. The van der Waals surface area contributed by atoms with Crippen LogP contribution >= 0.6 is 0 Å². The molecule has 0 aliphatic heterocycles. The molecule has 4 heteroatoms. The minimum atomic E-state index is -0.531. The molecule has 0 aliphatic carbocycles. The van der Waals surface area contributed by atoms with Gasteiger partial charge in [-0.05, 0) is 38.5 Å². The molecule has 1 rings (SSSR count). The number of nitrogens with one attached hydrogen (secondary N) is 1. The van der Waals surface area contributed by atoms with Crippen molar-refractivity contribution in [3.8, 4) is 6.07 Å². The van der Waals surface area contributed by atoms with E-state index < -0.39 is 11.9 Å². The van der Waals surface area contributed by atoms with E-state index in [9.17, 15) is 9.50 Å². The van der Waals surface area contributed by atoms with Crippen LogP contribution in [0, 0.1) is 17.1 Å². The van der Waals surface area contributed by atoms with E-state index in [4.69, 9.17) is 5.26 Å². The standard InChI is InChI=1S/C12H15FN2O/c1-8(5-9(2)16)15-11-4-3-10(7-14)12(13)6-11/h3-4,6,8-9,15-16H,5H2,1-2H3. The summed E-state index contributed by atoms with van der Waals surface area (Å²) in [7, 11) is 0. The predicted octanol–water partition coefficient (Wildman–Crippen LogP) is 2.27. The van der Waals surface area contributed by atoms with Gasteiger partial charge in [0, 0.05) is 11.7 Å². The Morgan fingerprint density at radius 1 is 1.50 bits per heavy atom. The van der Waals surface area contributed by atoms with Gasteiger partial charge in [-0.25, -0.2) is 4.39 Å². The first-order valence-electron chi connectivity index (χ1n) is 5.17. The third kappa shape index (κ3) is 3.52. The number of aliphatic hydroxyl groups is 1. The molecule has 1 aromatic rings. The van der Waals surface area contributed by atoms with E-state index in [2.05, 4.69) is 5.32 Å². The van der Waals surface area contributed by atoms with Gasteiger partial charge in [0.05, 0.1) is 11.7 Å². The minimum Gasteiger partial charge on any atom is -0.393 e. The highest BCUT2D eigenvalue weighted by molar-refractivity contribution is 5.48. The summed E-state index contributed by atoms with van der Waals surface area (Å²) in [6.07, 6.45) is 0.187. The molecule has 0 aromatic heterocycles. The highest BCUT2D eigenvalue weighted by Crippen LogP contribution is 2.15. The van der Waals surface area contributed by atoms with Crippen LogP contribution in [0.2, 0.25) is 0 Å². The summed E-state index contributed by atoms with van der Waals surface area (Å²) in [5.41, 5.74) is 0.651. The number of aliphatic hydroxyl groups excluding tert-OH is 1. The van der Waals surface area contributed by atoms with Gasteiger partial charge in [0.25, 0.3) is 0 Å². The highest BCUT2D eigenvalue weighted by atomic mass is 19.1. The van der Waals surface area contributed by atoms with Crippen molar-refractivity contribution in [1.82, 2.24) is 0 Å². The quantitative estimate of drug-likeness (QED) is 0.821. The highest BCUT2D eigenvalue weighted by Gasteiger charge is 2.07. The number of halogens is 1. The molecule has 16 heavy (non-hydrogen) atoms. The molecule has 86 valence electrons. The van der Waals surface area contributed by atoms with Gasteiger partial charge in [-0.15, -0.1) is 0 Å². The zero-order chi connectivity index (χ0) is 12.1. The Balaban J connectivity index is 2.69. The molecule has 0 fully saturated rings. The Labute approximate surface area is 94.5 Å². The fourth-order valence-corrected chi connectivity index (χ4v) is 1.55. The fraction of sp³-hybridized carbons (Fsp3) is 0.417. The van der Waals surface area contributed by atoms with Crippen molar-refractivity contribution >= 4 is 5.69 Å². The zero-order valence-corrected chi connectivity index (χ0v) is 9.37. The molecule has 2 atom stereocenters. The Morgan fingerprint density at radius 3 is 2.69 bits per heavy atom. The van der Waals surface area contributed by atoms with Crippen LogP contribution < -0.4 is 5.32 Å². The van der Waals surface area contributed by atoms with Gasteiger partial charge in [0.15, 0.2) is 0 Å². The summed E-state index contributed by atoms with van der Waals surface area (Å²) in [6, 6.07) is 6.19. The zero-order valence-electron chi connectivity index (χ0n) is 9.37. The average molecular weight is 222 g/mol. The number of nitriles is 1. The van der Waals surface area contributed by atoms with Crippen molar-refractivity contribution in [2.24, 2.45) is 0 Å². The normalized spacial score (nSPS) is 13.9. The van der Waals surface area contributed by atoms with Crippen LogP contribution in [-0.2, 0) is 0 Å². The van der Waals surface area contributed by atoms with E-state index in [1.54, 1.807) is 19.1 Å². The van der Waals surface area contributed by atoms with Gasteiger partial charge in [-0.3, -0.25) is 0 Å². The summed E-state index contributed by atoms with van der Waals surface area (Å²) in [6.45, 7) is 3.61. The van der Waals surface area contributed by atoms with Crippen LogP contribution in [0.4, 0.5) is 10.1 Å². The topological polar surface area (TPSA) is 56.0 Å². The number of nitrogens with zero attached hydrogens (tertiary/aromatic N) is 1. The molecule has 2 unspecified atom stereocenters. The molecule has 0 spiro atoms. The van der Waals surface area contributed by atoms with Crippen LogP contribution in [0.25, 0.3) is 0 Å². The second-order valence-electron chi connectivity index (χ2n) is 3.94. The molecule has 1 aromatic carbocycles. The predicted molar refractivity (Wildman–Crippen MR) is 60.5 cm³/mol. The van der Waals surface area contributed by atoms with Gasteiger partial charge < -0.3 is 10.4 Å². The van der Waals surface area contributed by atoms with E-state index in [0.29, 0.717) is 12.1 Å². The molecule has 2 N–H and O–H groups in total. The Hall–Kier alpha value is -1.60. The number of benzene rings is 1. The molecule has 0 amide bonds. The molecule has 0 saturated carbocycles. The maximum Gasteiger partial charge on any atom is 0.143 e. The maximum atomic E-state index is 13.3. The largest absolute Gasteiger partial charge is 0.393 e. The minimum absolute atomic E-state index is 0.0359. The van der Waals surface area contributed by atoms with Crippen LogP contribution in [-0.4, -0.2) is 17.3 Å². The van der Waals surface area contributed by atoms with Crippen molar-refractivity contribution in [3.05, 3.63) is 29.6 Å². The molecular weight excluding hydrogens is 207 g/mol. The lowest BCUT2D eigenvalue weighted by Crippen LogP contribution is -2.20. The summed E-state index contributed by atoms with van der Waals surface area (Å²) < 4.78 is 13.3. The Morgan fingerprint density at radius 2 is 2.19 bits per heavy atom. The van der Waals surface area contributed by atoms with Gasteiger partial charge in [0.2, 0.25) is 0 Å². The Bertz CT molecular complexity index is 398. The number of rotatable bonds is 4. The molecule has 0 radical (unpaired) electrons. The van der Waals surface area contributed by atoms with Crippen molar-refractivity contribution in [2.75, 3.05) is 5.32 Å². The molecule has 0 saturated heterocycles. The number of anilines is 1. The monoisotopic (exact) mass is 222 g/mol. The Kier molecular flexibility index (Phi) is 4.27. The van der Waals surface area contributed by atoms with Crippen LogP contribution in [0.15, 0.2) is 18.2 Å². The molecule has 0 bridgehead atoms. The van der Waals surface area contributed by atoms with E-state index in [1.807, 2.05) is 6.92 Å². The van der Waals surface area contributed by atoms with Gasteiger partial charge >= 0.3 is 0 Å². The lowest BCUT2D eigenvalue weighted by atomic mass is 10.1. The third-order valence-corrected chi connectivity index (χ3v) is 2.20. The summed E-state index contributed by atoms with van der Waals surface area (Å²) in [5, 5.41) is 20.8. The number of hydrogen-bond acceptors (Lipinski definition) is 3. The second kappa shape index (κ2) is 5.47. The second-order valence-corrected chi connectivity index (χ2v) is 3.94. The van der Waals surface area contributed by atoms with Crippen LogP contribution in [0.5, 0.6) is 0 Å². The van der Waals surface area contributed by atoms with Crippen LogP contribution in [0.3, 0.4) is 0 Å². The fourth-order valence-electron chi connectivity index (χ4n) is 1.55. The lowest BCUT2D eigenvalue weighted by molar-refractivity contribution is 0.179. The van der Waals surface area contributed by atoms with Gasteiger partial charge in [0.1, 0.15) is 11.9 Å². The molecule has 0 heterocycles. The smallest absolute Gasteiger partial charge is 0.143 e. The first-order chi connectivity index (χ1) is 7.52. The van der Waals surface area contributed by atoms with E-state index in [-0.39, 0.29) is 11.6 Å². The third-order valence-electron chi connectivity index (χ3n) is 2.20. The van der Waals surface area contributed by atoms with E-state index >= 15 is 0 Å². The summed E-state index contributed by atoms with van der Waals surface area (Å²) >= 11 is 0. The van der Waals surface area contributed by atoms with Crippen molar-refractivity contribution in [2.45, 2.75) is 32.4 Å².